The number of nitrogens with zero attached hydrogens (tertiary/aromatic N) is 5. The maximum Gasteiger partial charge on any atom is 0.410 e. The zero-order chi connectivity index (χ0) is 17.3. The predicted molar refractivity (Wildman–Crippen MR) is 90.9 cm³/mol. The van der Waals surface area contributed by atoms with E-state index in [1.807, 2.05) is 25.5 Å². The summed E-state index contributed by atoms with van der Waals surface area (Å²) in [6.07, 6.45) is 5.16. The van der Waals surface area contributed by atoms with Crippen LogP contribution in [0, 0.1) is 5.92 Å². The van der Waals surface area contributed by atoms with Gasteiger partial charge in [-0.15, -0.1) is 0 Å². The van der Waals surface area contributed by atoms with E-state index in [2.05, 4.69) is 15.1 Å². The first-order chi connectivity index (χ1) is 11.3. The molecule has 0 radical (unpaired) electrons. The number of halogens is 1. The van der Waals surface area contributed by atoms with Crippen LogP contribution in [0.1, 0.15) is 33.6 Å². The minimum atomic E-state index is -0.476. The number of amides is 1. The molecule has 0 spiro atoms. The van der Waals surface area contributed by atoms with E-state index >= 15 is 0 Å². The van der Waals surface area contributed by atoms with Gasteiger partial charge in [-0.1, -0.05) is 0 Å². The van der Waals surface area contributed by atoms with Gasteiger partial charge >= 0.3 is 6.09 Å². The van der Waals surface area contributed by atoms with Crippen LogP contribution in [-0.4, -0.2) is 49.4 Å². The van der Waals surface area contributed by atoms with Crippen molar-refractivity contribution in [2.24, 2.45) is 5.92 Å². The van der Waals surface area contributed by atoms with Crippen LogP contribution in [0.25, 0.3) is 11.0 Å². The standard InChI is InChI=1S/C16H22ClN5O2/c1-16(2,3)24-15(23)21-6-4-5-11(9-21)10-22-13-12(8-19-22)7-18-14(17)20-13/h7-8,11H,4-6,9-10H2,1-3H3/t11-/m0/s1. The van der Waals surface area contributed by atoms with E-state index in [1.54, 1.807) is 17.3 Å². The minimum absolute atomic E-state index is 0.211. The highest BCUT2D eigenvalue weighted by atomic mass is 35.5. The summed E-state index contributed by atoms with van der Waals surface area (Å²) in [4.78, 5) is 22.3. The van der Waals surface area contributed by atoms with Crippen molar-refractivity contribution in [3.63, 3.8) is 0 Å². The predicted octanol–water partition coefficient (Wildman–Crippen LogP) is 3.13. The van der Waals surface area contributed by atoms with Gasteiger partial charge in [0.15, 0.2) is 5.65 Å². The van der Waals surface area contributed by atoms with Crippen LogP contribution >= 0.6 is 11.6 Å². The summed E-state index contributed by atoms with van der Waals surface area (Å²) in [5, 5.41) is 5.45. The van der Waals surface area contributed by atoms with Crippen LogP contribution in [0.4, 0.5) is 4.79 Å². The van der Waals surface area contributed by atoms with Gasteiger partial charge in [-0.2, -0.15) is 10.1 Å². The molecule has 1 aliphatic rings. The first-order valence-electron chi connectivity index (χ1n) is 8.14. The van der Waals surface area contributed by atoms with Crippen LogP contribution in [0.15, 0.2) is 12.4 Å². The molecule has 0 N–H and O–H groups in total. The minimum Gasteiger partial charge on any atom is -0.444 e. The summed E-state index contributed by atoms with van der Waals surface area (Å²) in [6.45, 7) is 7.73. The Morgan fingerprint density at radius 2 is 2.21 bits per heavy atom. The van der Waals surface area contributed by atoms with Crippen molar-refractivity contribution in [2.45, 2.75) is 45.8 Å². The number of carbonyl (C=O) groups is 1. The van der Waals surface area contributed by atoms with E-state index in [9.17, 15) is 4.79 Å². The fourth-order valence-electron chi connectivity index (χ4n) is 2.93. The SMILES string of the molecule is CC(C)(C)OC(=O)N1CCC[C@H](Cn2ncc3cnc(Cl)nc32)C1. The number of carbonyl (C=O) groups excluding carboxylic acids is 1. The van der Waals surface area contributed by atoms with Gasteiger partial charge in [0.25, 0.3) is 0 Å². The quantitative estimate of drug-likeness (QED) is 0.777. The summed E-state index contributed by atoms with van der Waals surface area (Å²) in [7, 11) is 0. The number of rotatable bonds is 2. The smallest absolute Gasteiger partial charge is 0.410 e. The maximum absolute atomic E-state index is 12.3. The van der Waals surface area contributed by atoms with E-state index in [0.29, 0.717) is 19.0 Å². The Labute approximate surface area is 146 Å². The van der Waals surface area contributed by atoms with E-state index in [1.165, 1.54) is 0 Å². The highest BCUT2D eigenvalue weighted by Gasteiger charge is 2.28. The lowest BCUT2D eigenvalue weighted by molar-refractivity contribution is 0.0156. The molecule has 1 aliphatic heterocycles. The maximum atomic E-state index is 12.3. The molecule has 2 aromatic rings. The molecule has 2 aromatic heterocycles. The summed E-state index contributed by atoms with van der Waals surface area (Å²) in [5.74, 6) is 0.308. The highest BCUT2D eigenvalue weighted by molar-refractivity contribution is 6.28. The topological polar surface area (TPSA) is 73.1 Å². The Morgan fingerprint density at radius 3 is 2.96 bits per heavy atom. The van der Waals surface area contributed by atoms with Crippen LogP contribution in [0.5, 0.6) is 0 Å². The molecule has 130 valence electrons. The Bertz CT molecular complexity index is 740. The fraction of sp³-hybridized carbons (Fsp3) is 0.625. The molecule has 0 unspecified atom stereocenters. The van der Waals surface area contributed by atoms with Gasteiger partial charge < -0.3 is 9.64 Å². The largest absolute Gasteiger partial charge is 0.444 e. The van der Waals surface area contributed by atoms with Crippen LogP contribution in [0.3, 0.4) is 0 Å². The molecule has 1 saturated heterocycles. The molecule has 3 heterocycles. The average molecular weight is 352 g/mol. The van der Waals surface area contributed by atoms with Crippen LogP contribution in [0.2, 0.25) is 5.28 Å². The molecular weight excluding hydrogens is 330 g/mol. The Balaban J connectivity index is 1.68. The molecule has 0 aliphatic carbocycles. The van der Waals surface area contributed by atoms with Crippen molar-refractivity contribution in [2.75, 3.05) is 13.1 Å². The molecule has 7 nitrogen and oxygen atoms in total. The second-order valence-corrected chi connectivity index (χ2v) is 7.52. The molecule has 0 saturated carbocycles. The third-order valence-corrected chi connectivity index (χ3v) is 4.13. The summed E-state index contributed by atoms with van der Waals surface area (Å²) in [5.41, 5.74) is 0.250. The molecule has 1 amide bonds. The summed E-state index contributed by atoms with van der Waals surface area (Å²) in [6, 6.07) is 0. The average Bonchev–Trinajstić information content (AvgIpc) is 2.88. The molecule has 1 fully saturated rings. The van der Waals surface area contributed by atoms with Gasteiger partial charge in [0.2, 0.25) is 5.28 Å². The van der Waals surface area contributed by atoms with Crippen molar-refractivity contribution in [1.82, 2.24) is 24.6 Å². The van der Waals surface area contributed by atoms with Crippen molar-refractivity contribution in [1.29, 1.82) is 0 Å². The number of ether oxygens (including phenoxy) is 1. The number of aromatic nitrogens is 4. The van der Waals surface area contributed by atoms with Crippen LogP contribution < -0.4 is 0 Å². The molecule has 1 atom stereocenters. The number of likely N-dealkylation sites (tertiary alicyclic amines) is 1. The van der Waals surface area contributed by atoms with E-state index in [-0.39, 0.29) is 11.4 Å². The fourth-order valence-corrected chi connectivity index (χ4v) is 3.06. The van der Waals surface area contributed by atoms with Crippen molar-refractivity contribution in [3.05, 3.63) is 17.7 Å². The first-order valence-corrected chi connectivity index (χ1v) is 8.51. The first kappa shape index (κ1) is 17.0. The monoisotopic (exact) mass is 351 g/mol. The van der Waals surface area contributed by atoms with Gasteiger partial charge in [0.1, 0.15) is 5.60 Å². The Kier molecular flexibility index (Phi) is 4.62. The number of hydrogen-bond acceptors (Lipinski definition) is 5. The van der Waals surface area contributed by atoms with Gasteiger partial charge in [0, 0.05) is 25.8 Å². The molecule has 24 heavy (non-hydrogen) atoms. The summed E-state index contributed by atoms with van der Waals surface area (Å²) >= 11 is 5.88. The zero-order valence-electron chi connectivity index (χ0n) is 14.2. The number of fused-ring (bicyclic) bond motifs is 1. The van der Waals surface area contributed by atoms with Gasteiger partial charge in [0.05, 0.1) is 11.6 Å². The number of hydrogen-bond donors (Lipinski definition) is 0. The lowest BCUT2D eigenvalue weighted by Crippen LogP contribution is -2.43. The highest BCUT2D eigenvalue weighted by Crippen LogP contribution is 2.22. The van der Waals surface area contributed by atoms with E-state index < -0.39 is 5.60 Å². The zero-order valence-corrected chi connectivity index (χ0v) is 15.0. The molecular formula is C16H22ClN5O2. The Morgan fingerprint density at radius 1 is 1.42 bits per heavy atom. The van der Waals surface area contributed by atoms with Crippen molar-refractivity contribution >= 4 is 28.7 Å². The Hall–Kier alpha value is -1.89. The van der Waals surface area contributed by atoms with Crippen molar-refractivity contribution < 1.29 is 9.53 Å². The molecule has 0 aromatic carbocycles. The van der Waals surface area contributed by atoms with Gasteiger partial charge in [-0.3, -0.25) is 0 Å². The lowest BCUT2D eigenvalue weighted by atomic mass is 9.98. The van der Waals surface area contributed by atoms with E-state index in [0.717, 1.165) is 30.4 Å². The second kappa shape index (κ2) is 6.55. The van der Waals surface area contributed by atoms with Crippen LogP contribution in [-0.2, 0) is 11.3 Å². The van der Waals surface area contributed by atoms with Gasteiger partial charge in [-0.25, -0.2) is 14.5 Å². The summed E-state index contributed by atoms with van der Waals surface area (Å²) < 4.78 is 7.31. The third kappa shape index (κ3) is 3.95. The number of piperidine rings is 1. The van der Waals surface area contributed by atoms with E-state index in [4.69, 9.17) is 16.3 Å². The lowest BCUT2D eigenvalue weighted by Gasteiger charge is -2.34. The van der Waals surface area contributed by atoms with Crippen molar-refractivity contribution in [3.8, 4) is 0 Å². The third-order valence-electron chi connectivity index (χ3n) is 3.95. The normalized spacial score (nSPS) is 18.8. The molecule has 0 bridgehead atoms. The molecule has 3 rings (SSSR count). The molecule has 8 heteroatoms. The van der Waals surface area contributed by atoms with Gasteiger partial charge in [-0.05, 0) is 51.1 Å². The second-order valence-electron chi connectivity index (χ2n) is 7.18.